The highest BCUT2D eigenvalue weighted by molar-refractivity contribution is 6.34. The maximum atomic E-state index is 13.5. The molecular formula is C22H15Cl2FN2O2. The molecule has 0 fully saturated rings. The summed E-state index contributed by atoms with van der Waals surface area (Å²) >= 11 is 12.3. The summed E-state index contributed by atoms with van der Waals surface area (Å²) in [5, 5.41) is 3.54. The molecule has 1 unspecified atom stereocenters. The number of rotatable bonds is 2. The SMILES string of the molecule is O=C1CN(C(=O)c2ccccc2Cl)C(c2ccc(F)cc2)c2ccc(Cl)cc2N1. The molecule has 0 spiro atoms. The van der Waals surface area contributed by atoms with Gasteiger partial charge in [0.2, 0.25) is 5.91 Å². The van der Waals surface area contributed by atoms with Crippen LogP contribution in [0.3, 0.4) is 0 Å². The van der Waals surface area contributed by atoms with Crippen LogP contribution in [0.4, 0.5) is 10.1 Å². The smallest absolute Gasteiger partial charge is 0.256 e. The van der Waals surface area contributed by atoms with Gasteiger partial charge in [-0.15, -0.1) is 0 Å². The summed E-state index contributed by atoms with van der Waals surface area (Å²) in [4.78, 5) is 27.4. The van der Waals surface area contributed by atoms with Crippen molar-refractivity contribution in [3.63, 3.8) is 0 Å². The summed E-state index contributed by atoms with van der Waals surface area (Å²) in [6, 6.07) is 16.9. The van der Waals surface area contributed by atoms with E-state index in [1.165, 1.54) is 17.0 Å². The minimum atomic E-state index is -0.634. The molecule has 0 aromatic heterocycles. The lowest BCUT2D eigenvalue weighted by Gasteiger charge is -2.31. The highest BCUT2D eigenvalue weighted by Gasteiger charge is 2.34. The largest absolute Gasteiger partial charge is 0.324 e. The zero-order valence-corrected chi connectivity index (χ0v) is 16.5. The Morgan fingerprint density at radius 1 is 1.03 bits per heavy atom. The Labute approximate surface area is 176 Å². The Hall–Kier alpha value is -2.89. The summed E-state index contributed by atoms with van der Waals surface area (Å²) in [5.41, 5.74) is 2.12. The second kappa shape index (κ2) is 7.85. The predicted octanol–water partition coefficient (Wildman–Crippen LogP) is 5.32. The fourth-order valence-electron chi connectivity index (χ4n) is 3.46. The number of benzene rings is 3. The van der Waals surface area contributed by atoms with Crippen LogP contribution in [0.2, 0.25) is 10.0 Å². The van der Waals surface area contributed by atoms with Gasteiger partial charge in [0.15, 0.2) is 0 Å². The van der Waals surface area contributed by atoms with Gasteiger partial charge in [0.25, 0.3) is 5.91 Å². The Morgan fingerprint density at radius 2 is 1.76 bits per heavy atom. The summed E-state index contributed by atoms with van der Waals surface area (Å²) in [6.07, 6.45) is 0. The third kappa shape index (κ3) is 3.84. The quantitative estimate of drug-likeness (QED) is 0.600. The van der Waals surface area contributed by atoms with E-state index < -0.39 is 17.8 Å². The number of hydrogen-bond donors (Lipinski definition) is 1. The molecule has 29 heavy (non-hydrogen) atoms. The van der Waals surface area contributed by atoms with Gasteiger partial charge in [0.1, 0.15) is 12.4 Å². The van der Waals surface area contributed by atoms with Crippen LogP contribution < -0.4 is 5.32 Å². The first-order valence-electron chi connectivity index (χ1n) is 8.84. The van der Waals surface area contributed by atoms with Crippen molar-refractivity contribution in [1.29, 1.82) is 0 Å². The molecule has 3 aromatic carbocycles. The van der Waals surface area contributed by atoms with Crippen LogP contribution in [0, 0.1) is 5.82 Å². The highest BCUT2D eigenvalue weighted by atomic mass is 35.5. The molecule has 0 bridgehead atoms. The highest BCUT2D eigenvalue weighted by Crippen LogP contribution is 2.38. The van der Waals surface area contributed by atoms with Crippen LogP contribution in [0.5, 0.6) is 0 Å². The van der Waals surface area contributed by atoms with Gasteiger partial charge in [-0.1, -0.05) is 53.5 Å². The molecule has 1 aliphatic rings. The lowest BCUT2D eigenvalue weighted by Crippen LogP contribution is -2.39. The number of carbonyl (C=O) groups excluding carboxylic acids is 2. The third-order valence-electron chi connectivity index (χ3n) is 4.76. The van der Waals surface area contributed by atoms with Crippen molar-refractivity contribution in [3.8, 4) is 0 Å². The van der Waals surface area contributed by atoms with E-state index in [9.17, 15) is 14.0 Å². The van der Waals surface area contributed by atoms with E-state index in [1.807, 2.05) is 0 Å². The Morgan fingerprint density at radius 3 is 2.48 bits per heavy atom. The monoisotopic (exact) mass is 428 g/mol. The average Bonchev–Trinajstić information content (AvgIpc) is 2.84. The normalized spacial score (nSPS) is 16.0. The maximum Gasteiger partial charge on any atom is 0.256 e. The Kier molecular flexibility index (Phi) is 5.26. The van der Waals surface area contributed by atoms with Gasteiger partial charge in [-0.3, -0.25) is 9.59 Å². The van der Waals surface area contributed by atoms with Gasteiger partial charge in [-0.25, -0.2) is 4.39 Å². The molecule has 4 nitrogen and oxygen atoms in total. The number of nitrogens with one attached hydrogen (secondary N) is 1. The zero-order valence-electron chi connectivity index (χ0n) is 15.0. The third-order valence-corrected chi connectivity index (χ3v) is 5.33. The van der Waals surface area contributed by atoms with Gasteiger partial charge >= 0.3 is 0 Å². The van der Waals surface area contributed by atoms with E-state index in [1.54, 1.807) is 54.6 Å². The van der Waals surface area contributed by atoms with Crippen LogP contribution in [-0.2, 0) is 4.79 Å². The minimum Gasteiger partial charge on any atom is -0.324 e. The van der Waals surface area contributed by atoms with E-state index >= 15 is 0 Å². The van der Waals surface area contributed by atoms with Crippen molar-refractivity contribution in [1.82, 2.24) is 4.90 Å². The first-order chi connectivity index (χ1) is 13.9. The van der Waals surface area contributed by atoms with Gasteiger partial charge in [0, 0.05) is 16.3 Å². The molecule has 2 amide bonds. The molecule has 1 atom stereocenters. The van der Waals surface area contributed by atoms with E-state index in [0.29, 0.717) is 21.8 Å². The number of carbonyl (C=O) groups is 2. The second-order valence-electron chi connectivity index (χ2n) is 6.65. The molecule has 0 radical (unpaired) electrons. The summed E-state index contributed by atoms with van der Waals surface area (Å²) in [6.45, 7) is -0.196. The van der Waals surface area contributed by atoms with Crippen LogP contribution in [0.25, 0.3) is 0 Å². The lowest BCUT2D eigenvalue weighted by molar-refractivity contribution is -0.117. The molecule has 7 heteroatoms. The van der Waals surface area contributed by atoms with Crippen molar-refractivity contribution >= 4 is 40.7 Å². The molecular weight excluding hydrogens is 414 g/mol. The summed E-state index contributed by atoms with van der Waals surface area (Å²) < 4.78 is 13.5. The van der Waals surface area contributed by atoms with Crippen LogP contribution in [-0.4, -0.2) is 23.3 Å². The maximum absolute atomic E-state index is 13.5. The number of amides is 2. The molecule has 1 aliphatic heterocycles. The number of fused-ring (bicyclic) bond motifs is 1. The van der Waals surface area contributed by atoms with Gasteiger partial charge in [0.05, 0.1) is 16.6 Å². The number of hydrogen-bond acceptors (Lipinski definition) is 2. The first-order valence-corrected chi connectivity index (χ1v) is 9.60. The first kappa shape index (κ1) is 19.4. The topological polar surface area (TPSA) is 49.4 Å². The second-order valence-corrected chi connectivity index (χ2v) is 7.49. The van der Waals surface area contributed by atoms with Crippen molar-refractivity contribution in [2.75, 3.05) is 11.9 Å². The van der Waals surface area contributed by atoms with E-state index in [-0.39, 0.29) is 23.0 Å². The van der Waals surface area contributed by atoms with E-state index in [2.05, 4.69) is 5.32 Å². The molecule has 1 heterocycles. The Bertz CT molecular complexity index is 1100. The average molecular weight is 429 g/mol. The van der Waals surface area contributed by atoms with Crippen molar-refractivity contribution < 1.29 is 14.0 Å². The standard InChI is InChI=1S/C22H15Cl2FN2O2/c23-14-7-10-17-19(11-14)26-20(28)12-27(21(17)13-5-8-15(25)9-6-13)22(29)16-3-1-2-4-18(16)24/h1-11,21H,12H2,(H,26,28). The molecule has 0 aliphatic carbocycles. The van der Waals surface area contributed by atoms with Gasteiger partial charge < -0.3 is 10.2 Å². The minimum absolute atomic E-state index is 0.196. The predicted molar refractivity (Wildman–Crippen MR) is 111 cm³/mol. The number of anilines is 1. The van der Waals surface area contributed by atoms with Crippen molar-refractivity contribution in [3.05, 3.63) is 99.3 Å². The molecule has 0 saturated heterocycles. The fraction of sp³-hybridized carbons (Fsp3) is 0.0909. The molecule has 146 valence electrons. The van der Waals surface area contributed by atoms with Crippen LogP contribution >= 0.6 is 23.2 Å². The number of halogens is 3. The summed E-state index contributed by atoms with van der Waals surface area (Å²) in [7, 11) is 0. The molecule has 1 N–H and O–H groups in total. The van der Waals surface area contributed by atoms with Crippen molar-refractivity contribution in [2.45, 2.75) is 6.04 Å². The van der Waals surface area contributed by atoms with E-state index in [4.69, 9.17) is 23.2 Å². The zero-order chi connectivity index (χ0) is 20.5. The van der Waals surface area contributed by atoms with Gasteiger partial charge in [-0.05, 0) is 42.0 Å². The Balaban J connectivity index is 1.90. The van der Waals surface area contributed by atoms with Crippen LogP contribution in [0.1, 0.15) is 27.5 Å². The molecule has 3 aromatic rings. The van der Waals surface area contributed by atoms with Crippen LogP contribution in [0.15, 0.2) is 66.7 Å². The van der Waals surface area contributed by atoms with Gasteiger partial charge in [-0.2, -0.15) is 0 Å². The molecule has 0 saturated carbocycles. The lowest BCUT2D eigenvalue weighted by atomic mass is 9.95. The number of nitrogens with zero attached hydrogens (tertiary/aromatic N) is 1. The molecule has 4 rings (SSSR count). The summed E-state index contributed by atoms with van der Waals surface area (Å²) in [5.74, 6) is -1.15. The van der Waals surface area contributed by atoms with Crippen molar-refractivity contribution in [2.24, 2.45) is 0 Å². The fourth-order valence-corrected chi connectivity index (χ4v) is 3.85. The van der Waals surface area contributed by atoms with E-state index in [0.717, 1.165) is 0 Å².